The van der Waals surface area contributed by atoms with Crippen molar-refractivity contribution >= 4 is 17.7 Å². The normalized spacial score (nSPS) is 12.5. The number of hydrogen-bond donors (Lipinski definition) is 1. The molecule has 0 aliphatic carbocycles. The van der Waals surface area contributed by atoms with Crippen LogP contribution in [0.2, 0.25) is 5.02 Å². The fourth-order valence-corrected chi connectivity index (χ4v) is 1.72. The molecule has 1 aromatic heterocycles. The number of nitrogens with one attached hydrogen (secondary N) is 1. The number of aromatic nitrogens is 2. The predicted molar refractivity (Wildman–Crippen MR) is 74.3 cm³/mol. The maximum absolute atomic E-state index is 6.06. The lowest BCUT2D eigenvalue weighted by Gasteiger charge is -2.19. The average molecular weight is 256 g/mol. The van der Waals surface area contributed by atoms with Crippen molar-refractivity contribution in [1.29, 1.82) is 0 Å². The van der Waals surface area contributed by atoms with Gasteiger partial charge in [0.05, 0.1) is 16.9 Å². The molecule has 1 heterocycles. The van der Waals surface area contributed by atoms with Gasteiger partial charge in [0.25, 0.3) is 0 Å². The van der Waals surface area contributed by atoms with Crippen molar-refractivity contribution in [2.45, 2.75) is 46.2 Å². The zero-order valence-electron chi connectivity index (χ0n) is 11.1. The highest BCUT2D eigenvalue weighted by molar-refractivity contribution is 6.31. The van der Waals surface area contributed by atoms with E-state index in [-0.39, 0.29) is 5.54 Å². The lowest BCUT2D eigenvalue weighted by molar-refractivity contribution is 0.431. The SMILES string of the molecule is CCn1ncc(Cl)c1/C=C/CCNC(C)(C)C. The molecule has 0 aliphatic heterocycles. The molecule has 0 saturated carbocycles. The molecule has 1 aromatic rings. The van der Waals surface area contributed by atoms with E-state index in [9.17, 15) is 0 Å². The van der Waals surface area contributed by atoms with E-state index >= 15 is 0 Å². The standard InChI is InChI=1S/C13H22ClN3/c1-5-17-12(11(14)10-16-17)8-6-7-9-15-13(2,3)4/h6,8,10,15H,5,7,9H2,1-4H3/b8-6+. The van der Waals surface area contributed by atoms with Crippen LogP contribution >= 0.6 is 11.6 Å². The van der Waals surface area contributed by atoms with E-state index in [1.165, 1.54) is 0 Å². The van der Waals surface area contributed by atoms with Crippen LogP contribution < -0.4 is 5.32 Å². The van der Waals surface area contributed by atoms with Crippen LogP contribution in [0.15, 0.2) is 12.3 Å². The highest BCUT2D eigenvalue weighted by Crippen LogP contribution is 2.16. The Balaban J connectivity index is 2.45. The number of nitrogens with zero attached hydrogens (tertiary/aromatic N) is 2. The summed E-state index contributed by atoms with van der Waals surface area (Å²) in [7, 11) is 0. The smallest absolute Gasteiger partial charge is 0.0859 e. The van der Waals surface area contributed by atoms with E-state index < -0.39 is 0 Å². The molecule has 3 nitrogen and oxygen atoms in total. The molecule has 4 heteroatoms. The first-order chi connectivity index (χ1) is 7.94. The van der Waals surface area contributed by atoms with Gasteiger partial charge >= 0.3 is 0 Å². The Hall–Kier alpha value is -0.800. The number of hydrogen-bond acceptors (Lipinski definition) is 2. The fourth-order valence-electron chi connectivity index (χ4n) is 1.52. The average Bonchev–Trinajstić information content (AvgIpc) is 2.58. The summed E-state index contributed by atoms with van der Waals surface area (Å²) in [5.74, 6) is 0. The van der Waals surface area contributed by atoms with Crippen LogP contribution in [0.4, 0.5) is 0 Å². The molecule has 0 aliphatic rings. The van der Waals surface area contributed by atoms with E-state index in [1.54, 1.807) is 6.20 Å². The van der Waals surface area contributed by atoms with Crippen molar-refractivity contribution in [2.75, 3.05) is 6.54 Å². The third-order valence-electron chi connectivity index (χ3n) is 2.37. The molecule has 0 unspecified atom stereocenters. The second kappa shape index (κ2) is 6.22. The highest BCUT2D eigenvalue weighted by Gasteiger charge is 2.06. The molecule has 0 amide bonds. The summed E-state index contributed by atoms with van der Waals surface area (Å²) in [6, 6.07) is 0. The van der Waals surface area contributed by atoms with Crippen molar-refractivity contribution in [1.82, 2.24) is 15.1 Å². The van der Waals surface area contributed by atoms with Gasteiger partial charge < -0.3 is 5.32 Å². The molecule has 0 spiro atoms. The van der Waals surface area contributed by atoms with Crippen LogP contribution in [-0.4, -0.2) is 21.9 Å². The van der Waals surface area contributed by atoms with Crippen LogP contribution in [0.1, 0.15) is 39.8 Å². The molecule has 0 saturated heterocycles. The molecular weight excluding hydrogens is 234 g/mol. The van der Waals surface area contributed by atoms with Crippen molar-refractivity contribution < 1.29 is 0 Å². The van der Waals surface area contributed by atoms with Gasteiger partial charge in [-0.2, -0.15) is 5.10 Å². The molecule has 1 rings (SSSR count). The summed E-state index contributed by atoms with van der Waals surface area (Å²) in [4.78, 5) is 0. The largest absolute Gasteiger partial charge is 0.312 e. The number of halogens is 1. The second-order valence-electron chi connectivity index (χ2n) is 5.06. The van der Waals surface area contributed by atoms with Gasteiger partial charge in [-0.15, -0.1) is 0 Å². The Morgan fingerprint density at radius 1 is 1.47 bits per heavy atom. The van der Waals surface area contributed by atoms with E-state index in [0.29, 0.717) is 5.02 Å². The molecule has 0 bridgehead atoms. The van der Waals surface area contributed by atoms with E-state index in [0.717, 1.165) is 25.2 Å². The van der Waals surface area contributed by atoms with Crippen LogP contribution in [0.5, 0.6) is 0 Å². The monoisotopic (exact) mass is 255 g/mol. The summed E-state index contributed by atoms with van der Waals surface area (Å²) < 4.78 is 1.90. The first-order valence-electron chi connectivity index (χ1n) is 6.07. The lowest BCUT2D eigenvalue weighted by Crippen LogP contribution is -2.36. The van der Waals surface area contributed by atoms with Gasteiger partial charge in [-0.1, -0.05) is 17.7 Å². The Kier molecular flexibility index (Phi) is 5.22. The van der Waals surface area contributed by atoms with Crippen molar-refractivity contribution in [3.05, 3.63) is 23.0 Å². The molecule has 1 N–H and O–H groups in total. The quantitative estimate of drug-likeness (QED) is 0.818. The lowest BCUT2D eigenvalue weighted by atomic mass is 10.1. The van der Waals surface area contributed by atoms with Gasteiger partial charge in [0, 0.05) is 12.1 Å². The summed E-state index contributed by atoms with van der Waals surface area (Å²) in [5.41, 5.74) is 1.17. The van der Waals surface area contributed by atoms with Crippen molar-refractivity contribution in [3.63, 3.8) is 0 Å². The van der Waals surface area contributed by atoms with E-state index in [1.807, 2.05) is 10.8 Å². The summed E-state index contributed by atoms with van der Waals surface area (Å²) in [6.45, 7) is 10.4. The van der Waals surface area contributed by atoms with Crippen LogP contribution in [0.3, 0.4) is 0 Å². The Bertz CT molecular complexity index is 375. The Morgan fingerprint density at radius 3 is 2.76 bits per heavy atom. The zero-order valence-corrected chi connectivity index (χ0v) is 11.9. The molecule has 96 valence electrons. The molecule has 0 radical (unpaired) electrons. The maximum Gasteiger partial charge on any atom is 0.0859 e. The number of rotatable bonds is 5. The van der Waals surface area contributed by atoms with Gasteiger partial charge in [0.15, 0.2) is 0 Å². The van der Waals surface area contributed by atoms with Gasteiger partial charge in [-0.05, 0) is 46.7 Å². The first-order valence-corrected chi connectivity index (χ1v) is 6.44. The maximum atomic E-state index is 6.06. The molecule has 0 atom stereocenters. The van der Waals surface area contributed by atoms with Gasteiger partial charge in [0.1, 0.15) is 0 Å². The fraction of sp³-hybridized carbons (Fsp3) is 0.615. The van der Waals surface area contributed by atoms with Gasteiger partial charge in [-0.25, -0.2) is 0 Å². The second-order valence-corrected chi connectivity index (χ2v) is 5.47. The zero-order chi connectivity index (χ0) is 12.9. The Labute approximate surface area is 109 Å². The summed E-state index contributed by atoms with van der Waals surface area (Å²) in [5, 5.41) is 8.34. The topological polar surface area (TPSA) is 29.9 Å². The minimum Gasteiger partial charge on any atom is -0.312 e. The van der Waals surface area contributed by atoms with Gasteiger partial charge in [0.2, 0.25) is 0 Å². The Morgan fingerprint density at radius 2 is 2.18 bits per heavy atom. The highest BCUT2D eigenvalue weighted by atomic mass is 35.5. The van der Waals surface area contributed by atoms with Crippen LogP contribution in [0, 0.1) is 0 Å². The molecule has 0 fully saturated rings. The number of aryl methyl sites for hydroxylation is 1. The van der Waals surface area contributed by atoms with Crippen molar-refractivity contribution in [2.24, 2.45) is 0 Å². The molecule has 17 heavy (non-hydrogen) atoms. The third-order valence-corrected chi connectivity index (χ3v) is 2.67. The van der Waals surface area contributed by atoms with Gasteiger partial charge in [-0.3, -0.25) is 4.68 Å². The van der Waals surface area contributed by atoms with Crippen LogP contribution in [-0.2, 0) is 6.54 Å². The van der Waals surface area contributed by atoms with Crippen molar-refractivity contribution in [3.8, 4) is 0 Å². The first kappa shape index (κ1) is 14.3. The minimum absolute atomic E-state index is 0.177. The molecule has 0 aromatic carbocycles. The van der Waals surface area contributed by atoms with Crippen LogP contribution in [0.25, 0.3) is 6.08 Å². The van der Waals surface area contributed by atoms with E-state index in [4.69, 9.17) is 11.6 Å². The minimum atomic E-state index is 0.177. The predicted octanol–water partition coefficient (Wildman–Crippen LogP) is 3.35. The third kappa shape index (κ3) is 4.92. The molecular formula is C13H22ClN3. The summed E-state index contributed by atoms with van der Waals surface area (Å²) in [6.07, 6.45) is 6.86. The summed E-state index contributed by atoms with van der Waals surface area (Å²) >= 11 is 6.06. The van der Waals surface area contributed by atoms with E-state index in [2.05, 4.69) is 44.2 Å².